The normalized spacial score (nSPS) is 15.2. The Kier molecular flexibility index (Phi) is 8.59. The summed E-state index contributed by atoms with van der Waals surface area (Å²) in [6.07, 6.45) is 0. The molecule has 12 rings (SSSR count). The highest BCUT2D eigenvalue weighted by molar-refractivity contribution is 6.89. The van der Waals surface area contributed by atoms with E-state index in [4.69, 9.17) is 8.53 Å². The molecule has 0 fully saturated rings. The molecule has 0 spiro atoms. The van der Waals surface area contributed by atoms with Crippen LogP contribution in [-0.4, -0.2) is 15.9 Å². The monoisotopic (exact) mass is 951 g/mol. The molecule has 4 nitrogen and oxygen atoms in total. The van der Waals surface area contributed by atoms with Crippen molar-refractivity contribution in [2.45, 2.75) is 151 Å². The molecule has 364 valence electrons. The Morgan fingerprint density at radius 2 is 1.12 bits per heavy atom. The molecular weight excluding hydrogens is 874 g/mol. The first-order chi connectivity index (χ1) is 35.8. The number of nitrogens with zero attached hydrogens (tertiary/aromatic N) is 3. The molecule has 0 atom stereocenters. The zero-order chi connectivity index (χ0) is 55.4. The summed E-state index contributed by atoms with van der Waals surface area (Å²) in [5, 5.41) is 5.16. The van der Waals surface area contributed by atoms with Crippen molar-refractivity contribution in [1.82, 2.24) is 9.05 Å². The Balaban J connectivity index is 1.37. The number of aromatic nitrogens is 2. The number of anilines is 3. The van der Waals surface area contributed by atoms with E-state index in [2.05, 4.69) is 218 Å². The van der Waals surface area contributed by atoms with Gasteiger partial charge in [-0.15, -0.1) is 0 Å². The van der Waals surface area contributed by atoms with Crippen LogP contribution in [0.1, 0.15) is 164 Å². The molecule has 2 aliphatic rings. The van der Waals surface area contributed by atoms with Crippen LogP contribution in [-0.2, 0) is 27.1 Å². The summed E-state index contributed by atoms with van der Waals surface area (Å²) in [5.74, 6) is 0.276. The van der Waals surface area contributed by atoms with E-state index in [9.17, 15) is 2.74 Å². The van der Waals surface area contributed by atoms with Gasteiger partial charge in [-0.2, -0.15) is 0 Å². The SMILES string of the molecule is [2H]c1c([2H])c([2H])c(-n2c3ccc(C(C)(C)C)cc3c3c4c5c(cc32)c2cc(C(C)(C)C)ccc2n5B2c3oc5c(C(C)(C)C)cc(C(C)C)cc5c3N(c3ccc(C(C)(C)C)cc3)c3cc(C(C)(C)C)cc-4c32)c([2H])c1[2H]. The van der Waals surface area contributed by atoms with Gasteiger partial charge in [-0.05, 0) is 139 Å². The lowest BCUT2D eigenvalue weighted by atomic mass is 9.47. The maximum atomic E-state index is 9.55. The van der Waals surface area contributed by atoms with Gasteiger partial charge in [0.2, 0.25) is 0 Å². The van der Waals surface area contributed by atoms with Gasteiger partial charge in [0.1, 0.15) is 11.2 Å². The van der Waals surface area contributed by atoms with E-state index in [1.807, 2.05) is 4.57 Å². The van der Waals surface area contributed by atoms with E-state index in [1.165, 1.54) is 27.8 Å². The zero-order valence-electron chi connectivity index (χ0n) is 50.6. The highest BCUT2D eigenvalue weighted by Gasteiger charge is 2.48. The first-order valence-corrected chi connectivity index (χ1v) is 26.2. The molecule has 0 amide bonds. The van der Waals surface area contributed by atoms with Crippen molar-refractivity contribution < 1.29 is 11.3 Å². The number of hydrogen-bond donors (Lipinski definition) is 0. The van der Waals surface area contributed by atoms with E-state index < -0.39 is 6.04 Å². The number of hydrogen-bond acceptors (Lipinski definition) is 2. The van der Waals surface area contributed by atoms with Crippen molar-refractivity contribution in [1.29, 1.82) is 0 Å². The van der Waals surface area contributed by atoms with Crippen molar-refractivity contribution in [2.24, 2.45) is 0 Å². The van der Waals surface area contributed by atoms with Gasteiger partial charge in [-0.1, -0.05) is 172 Å². The van der Waals surface area contributed by atoms with E-state index in [0.717, 1.165) is 99.5 Å². The predicted molar refractivity (Wildman–Crippen MR) is 312 cm³/mol. The van der Waals surface area contributed by atoms with Crippen LogP contribution in [0.3, 0.4) is 0 Å². The van der Waals surface area contributed by atoms with Crippen LogP contribution in [0.2, 0.25) is 0 Å². The van der Waals surface area contributed by atoms with Gasteiger partial charge in [0.05, 0.1) is 23.6 Å². The first kappa shape index (κ1) is 41.1. The number of para-hydroxylation sites is 1. The fourth-order valence-electron chi connectivity index (χ4n) is 11.9. The third-order valence-corrected chi connectivity index (χ3v) is 16.1. The van der Waals surface area contributed by atoms with Gasteiger partial charge >= 0.3 is 6.85 Å². The summed E-state index contributed by atoms with van der Waals surface area (Å²) in [4.78, 5) is 2.51. The van der Waals surface area contributed by atoms with Crippen molar-refractivity contribution in [3.63, 3.8) is 0 Å². The van der Waals surface area contributed by atoms with Gasteiger partial charge in [0, 0.05) is 66.2 Å². The van der Waals surface area contributed by atoms with Crippen LogP contribution in [0.5, 0.6) is 0 Å². The van der Waals surface area contributed by atoms with E-state index in [0.29, 0.717) is 0 Å². The molecule has 0 bridgehead atoms. The van der Waals surface area contributed by atoms with Gasteiger partial charge in [-0.25, -0.2) is 0 Å². The fraction of sp³-hybridized carbons (Fsp3) is 0.343. The Morgan fingerprint density at radius 3 is 1.72 bits per heavy atom. The molecule has 5 heteroatoms. The summed E-state index contributed by atoms with van der Waals surface area (Å²) in [5.41, 5.74) is 18.4. The molecule has 0 saturated heterocycles. The molecule has 2 aliphatic heterocycles. The summed E-state index contributed by atoms with van der Waals surface area (Å²) in [6.45, 7) is 38.2. The largest absolute Gasteiger partial charge is 0.466 e. The van der Waals surface area contributed by atoms with E-state index >= 15 is 0 Å². The van der Waals surface area contributed by atoms with Gasteiger partial charge in [0.25, 0.3) is 0 Å². The zero-order valence-corrected chi connectivity index (χ0v) is 45.6. The topological polar surface area (TPSA) is 26.2 Å². The van der Waals surface area contributed by atoms with Crippen molar-refractivity contribution in [3.05, 3.63) is 155 Å². The molecular formula is C67H72BN3O. The maximum Gasteiger partial charge on any atom is 0.375 e. The summed E-state index contributed by atoms with van der Waals surface area (Å²) < 4.78 is 58.1. The average Bonchev–Trinajstić information content (AvgIpc) is 4.24. The van der Waals surface area contributed by atoms with Crippen LogP contribution in [0.4, 0.5) is 17.1 Å². The summed E-state index contributed by atoms with van der Waals surface area (Å²) in [6, 6.07) is 33.0. The number of benzene rings is 7. The van der Waals surface area contributed by atoms with Crippen LogP contribution in [0.15, 0.2) is 126 Å². The minimum atomic E-state index is -0.413. The fourth-order valence-corrected chi connectivity index (χ4v) is 11.9. The van der Waals surface area contributed by atoms with Crippen LogP contribution in [0.25, 0.3) is 71.4 Å². The van der Waals surface area contributed by atoms with E-state index in [-0.39, 0.29) is 69.7 Å². The average molecular weight is 951 g/mol. The van der Waals surface area contributed by atoms with Crippen LogP contribution < -0.4 is 16.0 Å². The lowest BCUT2D eigenvalue weighted by molar-refractivity contribution is 0.567. The second-order valence-electron chi connectivity index (χ2n) is 26.6. The number of rotatable bonds is 3. The molecule has 10 aromatic rings. The standard InChI is InChI=1S/C67H72BN3O/c1-38(2)39-31-50-60-62(72-61(50)51(32-39)67(15,16)17)68-58-49(35-43(66(12,13)14)36-55(58)70(60)45-27-23-40(24-28-45)63(3,4)5)57-56-48-34-42(65(9,10)11)25-29-52(48)69(44-21-19-18-20-22-44)54(56)37-47-46-33-41(64(6,7)8)26-30-53(46)71(68)59(47)57/h18-38H,1-17H3/i18D,19D,20D,21D,22D. The molecule has 72 heavy (non-hydrogen) atoms. The van der Waals surface area contributed by atoms with Crippen LogP contribution >= 0.6 is 0 Å². The minimum absolute atomic E-state index is 0.0535. The van der Waals surface area contributed by atoms with Gasteiger partial charge < -0.3 is 18.4 Å². The highest BCUT2D eigenvalue weighted by atomic mass is 16.3. The minimum Gasteiger partial charge on any atom is -0.466 e. The Labute approximate surface area is 435 Å². The predicted octanol–water partition coefficient (Wildman–Crippen LogP) is 17.7. The molecule has 7 aromatic carbocycles. The summed E-state index contributed by atoms with van der Waals surface area (Å²) in [7, 11) is 0. The lowest BCUT2D eigenvalue weighted by Crippen LogP contribution is -2.56. The number of furan rings is 1. The Bertz CT molecular complexity index is 4180. The third kappa shape index (κ3) is 6.78. The lowest BCUT2D eigenvalue weighted by Gasteiger charge is -2.40. The highest BCUT2D eigenvalue weighted by Crippen LogP contribution is 2.54. The van der Waals surface area contributed by atoms with Crippen molar-refractivity contribution >= 4 is 89.6 Å². The second kappa shape index (κ2) is 15.1. The quantitative estimate of drug-likeness (QED) is 0.165. The van der Waals surface area contributed by atoms with Crippen LogP contribution in [0, 0.1) is 0 Å². The second-order valence-corrected chi connectivity index (χ2v) is 26.6. The summed E-state index contributed by atoms with van der Waals surface area (Å²) >= 11 is 0. The van der Waals surface area contributed by atoms with Gasteiger partial charge in [-0.3, -0.25) is 0 Å². The molecule has 0 radical (unpaired) electrons. The molecule has 0 N–H and O–H groups in total. The third-order valence-electron chi connectivity index (χ3n) is 16.1. The Hall–Kier alpha value is -6.46. The molecule has 5 heterocycles. The molecule has 3 aromatic heterocycles. The van der Waals surface area contributed by atoms with Crippen molar-refractivity contribution in [2.75, 3.05) is 4.90 Å². The molecule has 0 aliphatic carbocycles. The van der Waals surface area contributed by atoms with Crippen molar-refractivity contribution in [3.8, 4) is 16.8 Å². The molecule has 0 saturated carbocycles. The van der Waals surface area contributed by atoms with Gasteiger partial charge in [0.15, 0.2) is 0 Å². The Morgan fingerprint density at radius 1 is 0.528 bits per heavy atom. The van der Waals surface area contributed by atoms with E-state index in [1.54, 1.807) is 0 Å². The first-order valence-electron chi connectivity index (χ1n) is 28.7. The molecule has 0 unspecified atom stereocenters. The smallest absolute Gasteiger partial charge is 0.375 e. The maximum absolute atomic E-state index is 9.55. The number of fused-ring (bicyclic) bond motifs is 13.